The first kappa shape index (κ1) is 31.3. The smallest absolute Gasteiger partial charge is 0.314 e. The highest BCUT2D eigenvalue weighted by atomic mass is 35.5. The molecule has 4 aromatic carbocycles. The molecule has 234 valence electrons. The minimum Gasteiger partial charge on any atom is -0.466 e. The average Bonchev–Trinajstić information content (AvgIpc) is 3.05. The maximum atomic E-state index is 13.1. The van der Waals surface area contributed by atoms with Crippen LogP contribution in [0.1, 0.15) is 25.3 Å². The Balaban J connectivity index is 1.27. The van der Waals surface area contributed by atoms with E-state index in [1.165, 1.54) is 0 Å². The van der Waals surface area contributed by atoms with Crippen LogP contribution in [-0.2, 0) is 20.7 Å². The van der Waals surface area contributed by atoms with E-state index in [1.807, 2.05) is 84.9 Å². The highest BCUT2D eigenvalue weighted by molar-refractivity contribution is 6.34. The molecule has 1 N–H and O–H groups in total. The van der Waals surface area contributed by atoms with Crippen LogP contribution >= 0.6 is 11.6 Å². The third-order valence-electron chi connectivity index (χ3n) is 8.48. The number of aromatic nitrogens is 1. The molecule has 1 fully saturated rings. The number of nitrogens with one attached hydrogen (secondary N) is 1. The number of hydrogen-bond acceptors (Lipinski definition) is 6. The van der Waals surface area contributed by atoms with Gasteiger partial charge in [0.05, 0.1) is 24.0 Å². The Morgan fingerprint density at radius 2 is 1.54 bits per heavy atom. The summed E-state index contributed by atoms with van der Waals surface area (Å²) in [5.41, 5.74) is 5.83. The predicted octanol–water partition coefficient (Wildman–Crippen LogP) is 7.54. The van der Waals surface area contributed by atoms with Gasteiger partial charge < -0.3 is 19.4 Å². The number of nitrogens with zero attached hydrogens (tertiary/aromatic N) is 1. The summed E-state index contributed by atoms with van der Waals surface area (Å²) < 4.78 is 11.0. The van der Waals surface area contributed by atoms with Crippen molar-refractivity contribution in [3.63, 3.8) is 0 Å². The van der Waals surface area contributed by atoms with E-state index in [1.54, 1.807) is 13.0 Å². The van der Waals surface area contributed by atoms with E-state index in [0.29, 0.717) is 34.0 Å². The molecule has 0 unspecified atom stereocenters. The van der Waals surface area contributed by atoms with Crippen LogP contribution < -0.4 is 10.3 Å². The Morgan fingerprint density at radius 3 is 2.28 bits per heavy atom. The number of halogens is 1. The summed E-state index contributed by atoms with van der Waals surface area (Å²) >= 11 is 6.74. The normalized spacial score (nSPS) is 13.9. The molecule has 7 nitrogen and oxygen atoms in total. The van der Waals surface area contributed by atoms with Crippen molar-refractivity contribution in [3.8, 4) is 39.1 Å². The van der Waals surface area contributed by atoms with E-state index >= 15 is 0 Å². The number of para-hydroxylation sites is 1. The van der Waals surface area contributed by atoms with Crippen LogP contribution in [0.15, 0.2) is 95.8 Å². The van der Waals surface area contributed by atoms with Crippen LogP contribution in [0, 0.1) is 5.92 Å². The second-order valence-corrected chi connectivity index (χ2v) is 12.1. The maximum absolute atomic E-state index is 13.1. The zero-order chi connectivity index (χ0) is 32.2. The number of rotatable bonds is 8. The number of H-pyrrole nitrogens is 1. The molecule has 0 spiro atoms. The predicted molar refractivity (Wildman–Crippen MR) is 182 cm³/mol. The molecule has 0 saturated carbocycles. The Bertz CT molecular complexity index is 1960. The van der Waals surface area contributed by atoms with Crippen molar-refractivity contribution in [2.24, 2.45) is 5.92 Å². The number of aromatic amines is 1. The highest BCUT2D eigenvalue weighted by Crippen LogP contribution is 2.36. The fourth-order valence-corrected chi connectivity index (χ4v) is 6.22. The summed E-state index contributed by atoms with van der Waals surface area (Å²) in [7, 11) is 2.07. The van der Waals surface area contributed by atoms with Gasteiger partial charge in [-0.25, -0.2) is 0 Å². The summed E-state index contributed by atoms with van der Waals surface area (Å²) in [6.45, 7) is 3.87. The van der Waals surface area contributed by atoms with E-state index in [9.17, 15) is 14.4 Å². The Labute approximate surface area is 272 Å². The first-order valence-electron chi connectivity index (χ1n) is 15.5. The highest BCUT2D eigenvalue weighted by Gasteiger charge is 2.26. The monoisotopic (exact) mass is 634 g/mol. The first-order valence-corrected chi connectivity index (χ1v) is 15.9. The molecule has 1 aromatic heterocycles. The molecule has 46 heavy (non-hydrogen) atoms. The molecular formula is C38H35ClN2O5. The maximum Gasteiger partial charge on any atom is 0.314 e. The Kier molecular flexibility index (Phi) is 9.33. The lowest BCUT2D eigenvalue weighted by atomic mass is 9.96. The third kappa shape index (κ3) is 6.91. The number of likely N-dealkylation sites (tertiary alicyclic amines) is 1. The van der Waals surface area contributed by atoms with Crippen molar-refractivity contribution in [3.05, 3.63) is 112 Å². The molecule has 1 saturated heterocycles. The molecular weight excluding hydrogens is 600 g/mol. The molecule has 1 aliphatic rings. The van der Waals surface area contributed by atoms with Crippen LogP contribution in [0.3, 0.4) is 0 Å². The lowest BCUT2D eigenvalue weighted by Gasteiger charge is -2.27. The molecule has 0 radical (unpaired) electrons. The molecule has 0 bridgehead atoms. The van der Waals surface area contributed by atoms with Crippen molar-refractivity contribution < 1.29 is 19.1 Å². The first-order chi connectivity index (χ1) is 22.3. The van der Waals surface area contributed by atoms with Gasteiger partial charge in [0, 0.05) is 22.2 Å². The summed E-state index contributed by atoms with van der Waals surface area (Å²) in [6, 6.07) is 28.5. The molecule has 0 atom stereocenters. The van der Waals surface area contributed by atoms with Gasteiger partial charge in [0.2, 0.25) is 0 Å². The number of fused-ring (bicyclic) bond motifs is 1. The SMILES string of the molecule is CCOC(=O)Cc1cccc(-c2cc3cc(-c4ccc(-c5ccccc5OC(=O)C5CCN(C)CC5)cc4)c(Cl)cc3[nH]c2=O)c1. The summed E-state index contributed by atoms with van der Waals surface area (Å²) in [5, 5.41) is 1.33. The minimum atomic E-state index is -0.311. The summed E-state index contributed by atoms with van der Waals surface area (Å²) in [5.74, 6) is -0.0332. The Morgan fingerprint density at radius 1 is 0.848 bits per heavy atom. The molecule has 0 amide bonds. The molecule has 0 aliphatic carbocycles. The van der Waals surface area contributed by atoms with E-state index < -0.39 is 0 Å². The zero-order valence-corrected chi connectivity index (χ0v) is 26.6. The van der Waals surface area contributed by atoms with Crippen molar-refractivity contribution in [1.29, 1.82) is 0 Å². The van der Waals surface area contributed by atoms with Crippen molar-refractivity contribution >= 4 is 34.4 Å². The minimum absolute atomic E-state index is 0.0920. The molecule has 8 heteroatoms. The number of hydrogen-bond donors (Lipinski definition) is 1. The van der Waals surface area contributed by atoms with E-state index in [0.717, 1.165) is 59.1 Å². The number of benzene rings is 4. The summed E-state index contributed by atoms with van der Waals surface area (Å²) in [4.78, 5) is 43.2. The Hall–Kier alpha value is -4.72. The van der Waals surface area contributed by atoms with Crippen LogP contribution in [0.2, 0.25) is 5.02 Å². The van der Waals surface area contributed by atoms with Gasteiger partial charge in [-0.1, -0.05) is 78.3 Å². The standard InChI is InChI=1S/C38H35ClN2O5/c1-3-45-36(42)20-24-7-6-8-28(19-24)32-22-29-21-31(33(39)23-34(29)40-37(32)43)26-13-11-25(12-14-26)30-9-4-5-10-35(30)46-38(44)27-15-17-41(2)18-16-27/h4-14,19,21-23,27H,3,15-18,20H2,1-2H3,(H,40,43). The van der Waals surface area contributed by atoms with Crippen LogP contribution in [0.4, 0.5) is 0 Å². The van der Waals surface area contributed by atoms with Gasteiger partial charge in [0.25, 0.3) is 5.56 Å². The topological polar surface area (TPSA) is 88.7 Å². The number of ether oxygens (including phenoxy) is 2. The van der Waals surface area contributed by atoms with Crippen LogP contribution in [0.5, 0.6) is 5.75 Å². The zero-order valence-electron chi connectivity index (χ0n) is 25.8. The third-order valence-corrected chi connectivity index (χ3v) is 8.79. The number of esters is 2. The van der Waals surface area contributed by atoms with E-state index in [4.69, 9.17) is 21.1 Å². The lowest BCUT2D eigenvalue weighted by molar-refractivity contribution is -0.142. The number of piperidine rings is 1. The summed E-state index contributed by atoms with van der Waals surface area (Å²) in [6.07, 6.45) is 1.74. The fourth-order valence-electron chi connectivity index (χ4n) is 5.95. The van der Waals surface area contributed by atoms with E-state index in [-0.39, 0.29) is 29.8 Å². The van der Waals surface area contributed by atoms with Crippen LogP contribution in [-0.4, -0.2) is 48.6 Å². The van der Waals surface area contributed by atoms with Gasteiger partial charge in [0.15, 0.2) is 0 Å². The van der Waals surface area contributed by atoms with Gasteiger partial charge in [-0.3, -0.25) is 14.4 Å². The fraction of sp³-hybridized carbons (Fsp3) is 0.237. The molecule has 5 aromatic rings. The van der Waals surface area contributed by atoms with Gasteiger partial charge in [0.1, 0.15) is 5.75 Å². The van der Waals surface area contributed by atoms with Gasteiger partial charge in [-0.2, -0.15) is 0 Å². The van der Waals surface area contributed by atoms with Gasteiger partial charge in [-0.05, 0) is 91.8 Å². The molecule has 2 heterocycles. The number of carbonyl (C=O) groups is 2. The van der Waals surface area contributed by atoms with Gasteiger partial charge in [-0.15, -0.1) is 0 Å². The lowest BCUT2D eigenvalue weighted by Crippen LogP contribution is -2.35. The molecule has 1 aliphatic heterocycles. The molecule has 6 rings (SSSR count). The largest absolute Gasteiger partial charge is 0.466 e. The average molecular weight is 635 g/mol. The second-order valence-electron chi connectivity index (χ2n) is 11.7. The van der Waals surface area contributed by atoms with E-state index in [2.05, 4.69) is 16.9 Å². The quantitative estimate of drug-likeness (QED) is 0.140. The van der Waals surface area contributed by atoms with Crippen LogP contribution in [0.25, 0.3) is 44.3 Å². The van der Waals surface area contributed by atoms with Crippen molar-refractivity contribution in [2.75, 3.05) is 26.7 Å². The van der Waals surface area contributed by atoms with Crippen molar-refractivity contribution in [2.45, 2.75) is 26.2 Å². The number of pyridine rings is 1. The number of carbonyl (C=O) groups excluding carboxylic acids is 2. The van der Waals surface area contributed by atoms with Gasteiger partial charge >= 0.3 is 11.9 Å². The second kappa shape index (κ2) is 13.7. The van der Waals surface area contributed by atoms with Crippen molar-refractivity contribution in [1.82, 2.24) is 9.88 Å².